The maximum atomic E-state index is 3.94. The van der Waals surface area contributed by atoms with E-state index in [1.54, 1.807) is 0 Å². The monoisotopic (exact) mass is 144 g/mol. The first kappa shape index (κ1) is 6.16. The summed E-state index contributed by atoms with van der Waals surface area (Å²) in [5.74, 6) is 0. The molecule has 0 saturated heterocycles. The van der Waals surface area contributed by atoms with Crippen molar-refractivity contribution < 1.29 is 0 Å². The van der Waals surface area contributed by atoms with Crippen LogP contribution in [0.15, 0.2) is 31.0 Å². The van der Waals surface area contributed by atoms with E-state index in [0.29, 0.717) is 0 Å². The molecule has 0 aliphatic heterocycles. The number of hydrogen-bond acceptors (Lipinski definition) is 1. The predicted molar refractivity (Wildman–Crippen MR) is 46.2 cm³/mol. The number of para-hydroxylation sites is 1. The SMILES string of the molecule is C=Cc1cccc2cn[nH]c12. The molecule has 11 heavy (non-hydrogen) atoms. The van der Waals surface area contributed by atoms with Gasteiger partial charge in [-0.2, -0.15) is 5.10 Å². The molecule has 0 unspecified atom stereocenters. The van der Waals surface area contributed by atoms with Gasteiger partial charge in [-0.15, -0.1) is 0 Å². The lowest BCUT2D eigenvalue weighted by Crippen LogP contribution is -1.74. The fourth-order valence-electron chi connectivity index (χ4n) is 1.16. The molecule has 2 aromatic rings. The van der Waals surface area contributed by atoms with Gasteiger partial charge in [0.2, 0.25) is 0 Å². The van der Waals surface area contributed by atoms with Gasteiger partial charge in [0.15, 0.2) is 0 Å². The second-order valence-corrected chi connectivity index (χ2v) is 2.39. The summed E-state index contributed by atoms with van der Waals surface area (Å²) in [5.41, 5.74) is 2.16. The average Bonchev–Trinajstić information content (AvgIpc) is 2.50. The molecule has 0 aliphatic carbocycles. The second kappa shape index (κ2) is 2.23. The predicted octanol–water partition coefficient (Wildman–Crippen LogP) is 2.21. The van der Waals surface area contributed by atoms with E-state index in [4.69, 9.17) is 0 Å². The largest absolute Gasteiger partial charge is 0.277 e. The van der Waals surface area contributed by atoms with E-state index in [9.17, 15) is 0 Å². The topological polar surface area (TPSA) is 28.7 Å². The molecule has 0 aliphatic rings. The minimum absolute atomic E-state index is 1.06. The molecule has 54 valence electrons. The molecule has 1 aromatic heterocycles. The van der Waals surface area contributed by atoms with Crippen molar-refractivity contribution in [2.45, 2.75) is 0 Å². The number of aromatic nitrogens is 2. The van der Waals surface area contributed by atoms with E-state index in [1.807, 2.05) is 30.5 Å². The summed E-state index contributed by atoms with van der Waals surface area (Å²) >= 11 is 0. The van der Waals surface area contributed by atoms with Crippen molar-refractivity contribution in [3.05, 3.63) is 36.5 Å². The Balaban J connectivity index is 2.88. The zero-order chi connectivity index (χ0) is 7.68. The Morgan fingerprint density at radius 2 is 2.36 bits per heavy atom. The van der Waals surface area contributed by atoms with Gasteiger partial charge in [-0.25, -0.2) is 0 Å². The molecule has 1 aromatic carbocycles. The quantitative estimate of drug-likeness (QED) is 0.653. The third-order valence-electron chi connectivity index (χ3n) is 1.73. The summed E-state index contributed by atoms with van der Waals surface area (Å²) < 4.78 is 0. The highest BCUT2D eigenvalue weighted by Crippen LogP contribution is 2.15. The van der Waals surface area contributed by atoms with E-state index < -0.39 is 0 Å². The van der Waals surface area contributed by atoms with Crippen LogP contribution in [0.1, 0.15) is 5.56 Å². The molecule has 0 radical (unpaired) electrons. The molecule has 0 fully saturated rings. The van der Waals surface area contributed by atoms with Gasteiger partial charge in [-0.1, -0.05) is 30.9 Å². The van der Waals surface area contributed by atoms with Crippen LogP contribution < -0.4 is 0 Å². The molecule has 0 bridgehead atoms. The molecule has 2 rings (SSSR count). The second-order valence-electron chi connectivity index (χ2n) is 2.39. The van der Waals surface area contributed by atoms with Crippen LogP contribution in [0, 0.1) is 0 Å². The van der Waals surface area contributed by atoms with Gasteiger partial charge in [0.1, 0.15) is 0 Å². The summed E-state index contributed by atoms with van der Waals surface area (Å²) in [5, 5.41) is 7.98. The van der Waals surface area contributed by atoms with Gasteiger partial charge in [-0.3, -0.25) is 5.10 Å². The van der Waals surface area contributed by atoms with Crippen molar-refractivity contribution >= 4 is 17.0 Å². The minimum atomic E-state index is 1.06. The summed E-state index contributed by atoms with van der Waals surface area (Å²) in [6, 6.07) is 6.02. The first-order chi connectivity index (χ1) is 5.42. The summed E-state index contributed by atoms with van der Waals surface area (Å²) in [7, 11) is 0. The van der Waals surface area contributed by atoms with Crippen molar-refractivity contribution in [3.8, 4) is 0 Å². The molecule has 0 saturated carbocycles. The van der Waals surface area contributed by atoms with Crippen molar-refractivity contribution in [2.75, 3.05) is 0 Å². The highest BCUT2D eigenvalue weighted by Gasteiger charge is 1.96. The molecule has 0 spiro atoms. The number of rotatable bonds is 1. The Hall–Kier alpha value is -1.57. The van der Waals surface area contributed by atoms with Gasteiger partial charge < -0.3 is 0 Å². The zero-order valence-electron chi connectivity index (χ0n) is 6.04. The van der Waals surface area contributed by atoms with E-state index in [-0.39, 0.29) is 0 Å². The maximum absolute atomic E-state index is 3.94. The van der Waals surface area contributed by atoms with Crippen molar-refractivity contribution in [2.24, 2.45) is 0 Å². The molecule has 2 nitrogen and oxygen atoms in total. The lowest BCUT2D eigenvalue weighted by molar-refractivity contribution is 1.12. The fraction of sp³-hybridized carbons (Fsp3) is 0. The number of fused-ring (bicyclic) bond motifs is 1. The number of hydrogen-bond donors (Lipinski definition) is 1. The average molecular weight is 144 g/mol. The van der Waals surface area contributed by atoms with Crippen LogP contribution >= 0.6 is 0 Å². The number of benzene rings is 1. The number of H-pyrrole nitrogens is 1. The third-order valence-corrected chi connectivity index (χ3v) is 1.73. The zero-order valence-corrected chi connectivity index (χ0v) is 6.04. The van der Waals surface area contributed by atoms with Crippen molar-refractivity contribution in [3.63, 3.8) is 0 Å². The third kappa shape index (κ3) is 0.835. The first-order valence-corrected chi connectivity index (χ1v) is 3.46. The van der Waals surface area contributed by atoms with Crippen molar-refractivity contribution in [1.82, 2.24) is 10.2 Å². The highest BCUT2D eigenvalue weighted by molar-refractivity contribution is 5.86. The van der Waals surface area contributed by atoms with Crippen LogP contribution in [0.3, 0.4) is 0 Å². The lowest BCUT2D eigenvalue weighted by atomic mass is 10.1. The van der Waals surface area contributed by atoms with Gasteiger partial charge in [0, 0.05) is 5.39 Å². The van der Waals surface area contributed by atoms with E-state index in [1.165, 1.54) is 0 Å². The number of nitrogens with one attached hydrogen (secondary N) is 1. The van der Waals surface area contributed by atoms with Crippen LogP contribution in [0.5, 0.6) is 0 Å². The molecule has 2 heteroatoms. The van der Waals surface area contributed by atoms with Crippen molar-refractivity contribution in [1.29, 1.82) is 0 Å². The fourth-order valence-corrected chi connectivity index (χ4v) is 1.16. The van der Waals surface area contributed by atoms with E-state index in [2.05, 4.69) is 16.8 Å². The Morgan fingerprint density at radius 1 is 1.45 bits per heavy atom. The first-order valence-electron chi connectivity index (χ1n) is 3.46. The number of nitrogens with zero attached hydrogens (tertiary/aromatic N) is 1. The molecule has 0 amide bonds. The molecular weight excluding hydrogens is 136 g/mol. The van der Waals surface area contributed by atoms with E-state index >= 15 is 0 Å². The van der Waals surface area contributed by atoms with Crippen LogP contribution in [-0.2, 0) is 0 Å². The summed E-state index contributed by atoms with van der Waals surface area (Å²) in [4.78, 5) is 0. The Bertz CT molecular complexity index is 387. The Kier molecular flexibility index (Phi) is 1.25. The lowest BCUT2D eigenvalue weighted by Gasteiger charge is -1.92. The smallest absolute Gasteiger partial charge is 0.0722 e. The summed E-state index contributed by atoms with van der Waals surface area (Å²) in [6.07, 6.45) is 3.63. The van der Waals surface area contributed by atoms with E-state index in [0.717, 1.165) is 16.5 Å². The molecular formula is C9H8N2. The minimum Gasteiger partial charge on any atom is -0.277 e. The van der Waals surface area contributed by atoms with Gasteiger partial charge >= 0.3 is 0 Å². The molecule has 1 heterocycles. The Labute approximate surface area is 64.6 Å². The highest BCUT2D eigenvalue weighted by atomic mass is 15.1. The van der Waals surface area contributed by atoms with Gasteiger partial charge in [-0.05, 0) is 5.56 Å². The molecule has 1 N–H and O–H groups in total. The van der Waals surface area contributed by atoms with Crippen LogP contribution in [0.25, 0.3) is 17.0 Å². The van der Waals surface area contributed by atoms with Crippen LogP contribution in [0.2, 0.25) is 0 Å². The Morgan fingerprint density at radius 3 is 3.18 bits per heavy atom. The van der Waals surface area contributed by atoms with Crippen LogP contribution in [0.4, 0.5) is 0 Å². The maximum Gasteiger partial charge on any atom is 0.0722 e. The van der Waals surface area contributed by atoms with Gasteiger partial charge in [0.05, 0.1) is 11.7 Å². The standard InChI is InChI=1S/C9H8N2/c1-2-7-4-3-5-8-6-10-11-9(7)8/h2-6H,1H2,(H,10,11). The van der Waals surface area contributed by atoms with Gasteiger partial charge in [0.25, 0.3) is 0 Å². The summed E-state index contributed by atoms with van der Waals surface area (Å²) in [6.45, 7) is 3.71. The normalized spacial score (nSPS) is 10.2. The molecule has 0 atom stereocenters. The van der Waals surface area contributed by atoms with Crippen LogP contribution in [-0.4, -0.2) is 10.2 Å². The number of aromatic amines is 1.